The highest BCUT2D eigenvalue weighted by Gasteiger charge is 2.29. The second-order valence-electron chi connectivity index (χ2n) is 4.23. The smallest absolute Gasteiger partial charge is 0.297 e. The van der Waals surface area contributed by atoms with Crippen molar-refractivity contribution in [3.63, 3.8) is 0 Å². The molecule has 1 aliphatic rings. The van der Waals surface area contributed by atoms with E-state index in [2.05, 4.69) is 22.5 Å². The largest absolute Gasteiger partial charge is 0.340 e. The van der Waals surface area contributed by atoms with Crippen molar-refractivity contribution in [2.24, 2.45) is 4.99 Å². The molecule has 1 heterocycles. The fourth-order valence-electron chi connectivity index (χ4n) is 2.00. The van der Waals surface area contributed by atoms with E-state index in [9.17, 15) is 5.11 Å². The molecular formula is C12H23N3O. The molecule has 0 fully saturated rings. The first-order chi connectivity index (χ1) is 7.52. The highest BCUT2D eigenvalue weighted by atomic mass is 16.3. The summed E-state index contributed by atoms with van der Waals surface area (Å²) in [4.78, 5) is 4.28. The van der Waals surface area contributed by atoms with Crippen LogP contribution in [-0.2, 0) is 0 Å². The monoisotopic (exact) mass is 225 g/mol. The minimum Gasteiger partial charge on any atom is -0.340 e. The molecule has 4 heteroatoms. The van der Waals surface area contributed by atoms with Crippen LogP contribution in [0.1, 0.15) is 47.0 Å². The van der Waals surface area contributed by atoms with Crippen LogP contribution in [0.25, 0.3) is 0 Å². The van der Waals surface area contributed by atoms with Crippen LogP contribution in [0, 0.1) is 0 Å². The summed E-state index contributed by atoms with van der Waals surface area (Å²) in [7, 11) is 0. The van der Waals surface area contributed by atoms with Crippen LogP contribution in [-0.4, -0.2) is 23.3 Å². The number of aliphatic hydroxyl groups is 1. The van der Waals surface area contributed by atoms with Gasteiger partial charge in [-0.15, -0.1) is 0 Å². The Morgan fingerprint density at radius 1 is 1.38 bits per heavy atom. The van der Waals surface area contributed by atoms with Crippen molar-refractivity contribution < 1.29 is 5.11 Å². The van der Waals surface area contributed by atoms with Gasteiger partial charge < -0.3 is 10.4 Å². The lowest BCUT2D eigenvalue weighted by Gasteiger charge is -2.32. The SMILES string of the molecule is CCCCC1=C(C)NC(O)(NCC)N=C1C. The van der Waals surface area contributed by atoms with E-state index >= 15 is 0 Å². The van der Waals surface area contributed by atoms with Gasteiger partial charge >= 0.3 is 0 Å². The minimum absolute atomic E-state index is 0.665. The zero-order chi connectivity index (χ0) is 12.2. The van der Waals surface area contributed by atoms with E-state index in [1.807, 2.05) is 20.8 Å². The van der Waals surface area contributed by atoms with Gasteiger partial charge in [0.2, 0.25) is 0 Å². The van der Waals surface area contributed by atoms with Crippen molar-refractivity contribution in [3.05, 3.63) is 11.3 Å². The molecule has 4 nitrogen and oxygen atoms in total. The second-order valence-corrected chi connectivity index (χ2v) is 4.23. The molecular weight excluding hydrogens is 202 g/mol. The molecule has 0 amide bonds. The number of aliphatic imine (C=N–C) groups is 1. The van der Waals surface area contributed by atoms with E-state index in [1.165, 1.54) is 12.0 Å². The van der Waals surface area contributed by atoms with Gasteiger partial charge in [0.25, 0.3) is 5.97 Å². The molecule has 3 N–H and O–H groups in total. The first-order valence-electron chi connectivity index (χ1n) is 6.04. The van der Waals surface area contributed by atoms with E-state index in [-0.39, 0.29) is 0 Å². The van der Waals surface area contributed by atoms with Crippen LogP contribution < -0.4 is 10.6 Å². The molecule has 16 heavy (non-hydrogen) atoms. The molecule has 0 aromatic rings. The predicted molar refractivity (Wildman–Crippen MR) is 67.1 cm³/mol. The highest BCUT2D eigenvalue weighted by Crippen LogP contribution is 2.20. The lowest BCUT2D eigenvalue weighted by molar-refractivity contribution is -0.0103. The standard InChI is InChI=1S/C12H23N3O/c1-5-7-8-11-9(3)14-12(16,13-6-2)15-10(11)4/h13-14,16H,5-8H2,1-4H3. The van der Waals surface area contributed by atoms with Crippen LogP contribution in [0.2, 0.25) is 0 Å². The van der Waals surface area contributed by atoms with Crippen molar-refractivity contribution in [2.45, 2.75) is 52.9 Å². The summed E-state index contributed by atoms with van der Waals surface area (Å²) in [6.45, 7) is 8.73. The van der Waals surface area contributed by atoms with Gasteiger partial charge in [-0.05, 0) is 38.8 Å². The number of hydrogen-bond acceptors (Lipinski definition) is 4. The van der Waals surface area contributed by atoms with Gasteiger partial charge in [-0.1, -0.05) is 20.3 Å². The molecule has 0 bridgehead atoms. The molecule has 1 rings (SSSR count). The summed E-state index contributed by atoms with van der Waals surface area (Å²) in [6, 6.07) is 0. The number of allylic oxidation sites excluding steroid dienone is 2. The number of rotatable bonds is 5. The molecule has 92 valence electrons. The van der Waals surface area contributed by atoms with Gasteiger partial charge in [0.1, 0.15) is 0 Å². The molecule has 0 saturated heterocycles. The van der Waals surface area contributed by atoms with Gasteiger partial charge in [0.15, 0.2) is 0 Å². The first-order valence-corrected chi connectivity index (χ1v) is 6.04. The summed E-state index contributed by atoms with van der Waals surface area (Å²) in [6.07, 6.45) is 3.34. The van der Waals surface area contributed by atoms with Crippen molar-refractivity contribution in [2.75, 3.05) is 6.54 Å². The van der Waals surface area contributed by atoms with Gasteiger partial charge in [0, 0.05) is 11.4 Å². The molecule has 1 aliphatic heterocycles. The summed E-state index contributed by atoms with van der Waals surface area (Å²) in [5.74, 6) is -1.32. The topological polar surface area (TPSA) is 56.6 Å². The maximum Gasteiger partial charge on any atom is 0.297 e. The van der Waals surface area contributed by atoms with Gasteiger partial charge in [-0.25, -0.2) is 4.99 Å². The number of unbranched alkanes of at least 4 members (excludes halogenated alkanes) is 1. The van der Waals surface area contributed by atoms with E-state index in [0.717, 1.165) is 24.3 Å². The third kappa shape index (κ3) is 3.06. The molecule has 0 aromatic carbocycles. The average molecular weight is 225 g/mol. The number of nitrogens with zero attached hydrogens (tertiary/aromatic N) is 1. The van der Waals surface area contributed by atoms with E-state index in [1.54, 1.807) is 0 Å². The molecule has 1 unspecified atom stereocenters. The zero-order valence-electron chi connectivity index (χ0n) is 10.7. The third-order valence-electron chi connectivity index (χ3n) is 2.78. The van der Waals surface area contributed by atoms with Crippen molar-refractivity contribution in [3.8, 4) is 0 Å². The molecule has 0 saturated carbocycles. The quantitative estimate of drug-likeness (QED) is 0.625. The normalized spacial score (nSPS) is 25.4. The van der Waals surface area contributed by atoms with Gasteiger partial charge in [0.05, 0.1) is 0 Å². The van der Waals surface area contributed by atoms with Crippen LogP contribution in [0.4, 0.5) is 0 Å². The fourth-order valence-corrected chi connectivity index (χ4v) is 2.00. The Bertz CT molecular complexity index is 309. The summed E-state index contributed by atoms with van der Waals surface area (Å²) in [5, 5.41) is 16.1. The van der Waals surface area contributed by atoms with Gasteiger partial charge in [-0.3, -0.25) is 5.32 Å². The molecule has 0 aliphatic carbocycles. The maximum absolute atomic E-state index is 10.1. The molecule has 1 atom stereocenters. The predicted octanol–water partition coefficient (Wildman–Crippen LogP) is 1.73. The lowest BCUT2D eigenvalue weighted by atomic mass is 10.0. The van der Waals surface area contributed by atoms with Crippen LogP contribution >= 0.6 is 0 Å². The Hall–Kier alpha value is -0.870. The second kappa shape index (κ2) is 5.46. The zero-order valence-corrected chi connectivity index (χ0v) is 10.7. The van der Waals surface area contributed by atoms with E-state index in [0.29, 0.717) is 6.54 Å². The van der Waals surface area contributed by atoms with Crippen LogP contribution in [0.15, 0.2) is 16.3 Å². The summed E-state index contributed by atoms with van der Waals surface area (Å²) in [5.41, 5.74) is 3.17. The van der Waals surface area contributed by atoms with Gasteiger partial charge in [-0.2, -0.15) is 0 Å². The van der Waals surface area contributed by atoms with Crippen molar-refractivity contribution >= 4 is 5.71 Å². The number of hydrogen-bond donors (Lipinski definition) is 3. The summed E-state index contributed by atoms with van der Waals surface area (Å²) < 4.78 is 0. The lowest BCUT2D eigenvalue weighted by Crippen LogP contribution is -2.57. The Morgan fingerprint density at radius 3 is 2.56 bits per heavy atom. The third-order valence-corrected chi connectivity index (χ3v) is 2.78. The molecule has 0 spiro atoms. The summed E-state index contributed by atoms with van der Waals surface area (Å²) >= 11 is 0. The van der Waals surface area contributed by atoms with E-state index < -0.39 is 5.97 Å². The Kier molecular flexibility index (Phi) is 4.50. The van der Waals surface area contributed by atoms with Crippen molar-refractivity contribution in [1.82, 2.24) is 10.6 Å². The van der Waals surface area contributed by atoms with Crippen LogP contribution in [0.3, 0.4) is 0 Å². The van der Waals surface area contributed by atoms with Crippen LogP contribution in [0.5, 0.6) is 0 Å². The minimum atomic E-state index is -1.32. The average Bonchev–Trinajstić information content (AvgIpc) is 2.16. The maximum atomic E-state index is 10.1. The Labute approximate surface area is 97.8 Å². The van der Waals surface area contributed by atoms with E-state index in [4.69, 9.17) is 0 Å². The Balaban J connectivity index is 2.80. The number of nitrogens with one attached hydrogen (secondary N) is 2. The molecule has 0 aromatic heterocycles. The fraction of sp³-hybridized carbons (Fsp3) is 0.750. The molecule has 0 radical (unpaired) electrons. The highest BCUT2D eigenvalue weighted by molar-refractivity contribution is 5.99. The van der Waals surface area contributed by atoms with Crippen molar-refractivity contribution in [1.29, 1.82) is 0 Å². The Morgan fingerprint density at radius 2 is 2.06 bits per heavy atom. The first kappa shape index (κ1) is 13.2.